The third kappa shape index (κ3) is 2.82. The van der Waals surface area contributed by atoms with Gasteiger partial charge in [0, 0.05) is 6.07 Å². The van der Waals surface area contributed by atoms with Crippen LogP contribution in [0.5, 0.6) is 0 Å². The maximum atomic E-state index is 11.8. The summed E-state index contributed by atoms with van der Waals surface area (Å²) in [5.41, 5.74) is -0.0417. The van der Waals surface area contributed by atoms with E-state index in [0.29, 0.717) is 5.56 Å². The van der Waals surface area contributed by atoms with E-state index in [1.54, 1.807) is 13.0 Å². The van der Waals surface area contributed by atoms with Crippen molar-refractivity contribution in [2.75, 3.05) is 0 Å². The molecule has 18 heavy (non-hydrogen) atoms. The van der Waals surface area contributed by atoms with Crippen LogP contribution in [0.4, 0.5) is 5.69 Å². The number of nitrogens with zero attached hydrogens (tertiary/aromatic N) is 1. The Morgan fingerprint density at radius 3 is 2.56 bits per heavy atom. The van der Waals surface area contributed by atoms with Crippen molar-refractivity contribution < 1.29 is 19.6 Å². The van der Waals surface area contributed by atoms with Crippen LogP contribution in [0.25, 0.3) is 0 Å². The van der Waals surface area contributed by atoms with Crippen LogP contribution in [-0.4, -0.2) is 27.9 Å². The van der Waals surface area contributed by atoms with Gasteiger partial charge in [-0.05, 0) is 19.4 Å². The molecule has 2 N–H and O–H groups in total. The lowest BCUT2D eigenvalue weighted by Gasteiger charge is -2.11. The van der Waals surface area contributed by atoms with Gasteiger partial charge in [-0.25, -0.2) is 0 Å². The number of carboxylic acid groups (broad SMARTS) is 1. The Kier molecular flexibility index (Phi) is 3.98. The summed E-state index contributed by atoms with van der Waals surface area (Å²) in [6.45, 7) is 2.83. The Morgan fingerprint density at radius 2 is 2.06 bits per heavy atom. The average Bonchev–Trinajstić information content (AvgIpc) is 2.27. The van der Waals surface area contributed by atoms with Crippen molar-refractivity contribution >= 4 is 17.6 Å². The van der Waals surface area contributed by atoms with Crippen molar-refractivity contribution in [3.05, 3.63) is 39.4 Å². The van der Waals surface area contributed by atoms with Gasteiger partial charge in [0.25, 0.3) is 11.6 Å². The quantitative estimate of drug-likeness (QED) is 0.616. The van der Waals surface area contributed by atoms with Gasteiger partial charge in [0.2, 0.25) is 0 Å². The Balaban J connectivity index is 3.12. The van der Waals surface area contributed by atoms with E-state index >= 15 is 0 Å². The fraction of sp³-hybridized carbons (Fsp3) is 0.273. The molecular formula is C11H12N2O5. The number of hydrogen-bond donors (Lipinski definition) is 2. The van der Waals surface area contributed by atoms with Crippen molar-refractivity contribution in [2.24, 2.45) is 0 Å². The number of amides is 1. The first-order valence-corrected chi connectivity index (χ1v) is 5.12. The highest BCUT2D eigenvalue weighted by Gasteiger charge is 2.24. The van der Waals surface area contributed by atoms with Gasteiger partial charge in [-0.3, -0.25) is 19.7 Å². The van der Waals surface area contributed by atoms with E-state index in [1.165, 1.54) is 19.1 Å². The minimum Gasteiger partial charge on any atom is -0.480 e. The van der Waals surface area contributed by atoms with Gasteiger partial charge in [-0.1, -0.05) is 12.1 Å². The van der Waals surface area contributed by atoms with Gasteiger partial charge >= 0.3 is 5.97 Å². The van der Waals surface area contributed by atoms with E-state index in [9.17, 15) is 19.7 Å². The number of aryl methyl sites for hydroxylation is 1. The number of aliphatic carboxylic acids is 1. The minimum absolute atomic E-state index is 0.115. The highest BCUT2D eigenvalue weighted by Crippen LogP contribution is 2.21. The second-order valence-electron chi connectivity index (χ2n) is 3.76. The van der Waals surface area contributed by atoms with Crippen LogP contribution in [0.1, 0.15) is 22.8 Å². The van der Waals surface area contributed by atoms with Crippen LogP contribution in [0, 0.1) is 17.0 Å². The molecule has 0 spiro atoms. The standard InChI is InChI=1S/C11H12N2O5/c1-6-4-3-5-8(13(17)18)9(6)10(14)12-7(2)11(15)16/h3-5,7H,1-2H3,(H,12,14)(H,15,16)/t7-/m1/s1. The Labute approximate surface area is 103 Å². The molecule has 0 aliphatic heterocycles. The second kappa shape index (κ2) is 5.26. The zero-order valence-corrected chi connectivity index (χ0v) is 9.84. The Morgan fingerprint density at radius 1 is 1.44 bits per heavy atom. The summed E-state index contributed by atoms with van der Waals surface area (Å²) in [6.07, 6.45) is 0. The molecule has 7 heteroatoms. The first kappa shape index (κ1) is 13.6. The number of nitro benzene ring substituents is 1. The predicted molar refractivity (Wildman–Crippen MR) is 62.4 cm³/mol. The number of carboxylic acids is 1. The highest BCUT2D eigenvalue weighted by atomic mass is 16.6. The maximum Gasteiger partial charge on any atom is 0.325 e. The summed E-state index contributed by atoms with van der Waals surface area (Å²) in [7, 11) is 0. The molecule has 0 unspecified atom stereocenters. The second-order valence-corrected chi connectivity index (χ2v) is 3.76. The molecule has 0 saturated carbocycles. The number of hydrogen-bond acceptors (Lipinski definition) is 4. The van der Waals surface area contributed by atoms with Gasteiger partial charge in [-0.2, -0.15) is 0 Å². The van der Waals surface area contributed by atoms with E-state index in [0.717, 1.165) is 0 Å². The Bertz CT molecular complexity index is 512. The number of nitro groups is 1. The van der Waals surface area contributed by atoms with Crippen LogP contribution in [0.3, 0.4) is 0 Å². The molecule has 0 aliphatic rings. The van der Waals surface area contributed by atoms with Crippen molar-refractivity contribution in [2.45, 2.75) is 19.9 Å². The van der Waals surface area contributed by atoms with Crippen LogP contribution >= 0.6 is 0 Å². The number of nitrogens with one attached hydrogen (secondary N) is 1. The summed E-state index contributed by atoms with van der Waals surface area (Å²) >= 11 is 0. The SMILES string of the molecule is Cc1cccc([N+](=O)[O-])c1C(=O)N[C@H](C)C(=O)O. The van der Waals surface area contributed by atoms with E-state index < -0.39 is 22.8 Å². The molecule has 0 radical (unpaired) electrons. The van der Waals surface area contributed by atoms with E-state index in [-0.39, 0.29) is 11.3 Å². The van der Waals surface area contributed by atoms with Crippen molar-refractivity contribution in [3.8, 4) is 0 Å². The van der Waals surface area contributed by atoms with E-state index in [4.69, 9.17) is 5.11 Å². The van der Waals surface area contributed by atoms with E-state index in [2.05, 4.69) is 5.32 Å². The summed E-state index contributed by atoms with van der Waals surface area (Å²) in [5.74, 6) is -1.98. The summed E-state index contributed by atoms with van der Waals surface area (Å²) in [5, 5.41) is 21.7. The van der Waals surface area contributed by atoms with Crippen LogP contribution in [0.15, 0.2) is 18.2 Å². The van der Waals surface area contributed by atoms with Crippen LogP contribution < -0.4 is 5.32 Å². The van der Waals surface area contributed by atoms with Gasteiger partial charge in [-0.15, -0.1) is 0 Å². The van der Waals surface area contributed by atoms with Gasteiger partial charge < -0.3 is 10.4 Å². The molecule has 0 aromatic heterocycles. The Hall–Kier alpha value is -2.44. The number of carbonyl (C=O) groups excluding carboxylic acids is 1. The maximum absolute atomic E-state index is 11.8. The lowest BCUT2D eigenvalue weighted by Crippen LogP contribution is -2.38. The normalized spacial score (nSPS) is 11.7. The fourth-order valence-electron chi connectivity index (χ4n) is 1.43. The lowest BCUT2D eigenvalue weighted by molar-refractivity contribution is -0.385. The van der Waals surface area contributed by atoms with E-state index in [1.807, 2.05) is 0 Å². The molecule has 1 aromatic rings. The third-order valence-corrected chi connectivity index (χ3v) is 2.39. The summed E-state index contributed by atoms with van der Waals surface area (Å²) in [4.78, 5) is 32.6. The molecule has 1 rings (SSSR count). The molecule has 0 heterocycles. The molecule has 0 bridgehead atoms. The van der Waals surface area contributed by atoms with Crippen molar-refractivity contribution in [1.29, 1.82) is 0 Å². The van der Waals surface area contributed by atoms with Gasteiger partial charge in [0.05, 0.1) is 4.92 Å². The molecular weight excluding hydrogens is 240 g/mol. The average molecular weight is 252 g/mol. The molecule has 0 saturated heterocycles. The third-order valence-electron chi connectivity index (χ3n) is 2.39. The number of benzene rings is 1. The monoisotopic (exact) mass is 252 g/mol. The minimum atomic E-state index is -1.21. The predicted octanol–water partition coefficient (Wildman–Crippen LogP) is 1.11. The largest absolute Gasteiger partial charge is 0.480 e. The first-order valence-electron chi connectivity index (χ1n) is 5.12. The zero-order chi connectivity index (χ0) is 13.9. The topological polar surface area (TPSA) is 110 Å². The summed E-state index contributed by atoms with van der Waals surface area (Å²) < 4.78 is 0. The smallest absolute Gasteiger partial charge is 0.325 e. The van der Waals surface area contributed by atoms with Crippen LogP contribution in [0.2, 0.25) is 0 Å². The molecule has 0 aliphatic carbocycles. The van der Waals surface area contributed by atoms with Crippen molar-refractivity contribution in [1.82, 2.24) is 5.32 Å². The molecule has 0 fully saturated rings. The number of rotatable bonds is 4. The molecule has 96 valence electrons. The fourth-order valence-corrected chi connectivity index (χ4v) is 1.43. The van der Waals surface area contributed by atoms with Gasteiger partial charge in [0.15, 0.2) is 0 Å². The first-order chi connectivity index (χ1) is 8.34. The van der Waals surface area contributed by atoms with Crippen molar-refractivity contribution in [3.63, 3.8) is 0 Å². The lowest BCUT2D eigenvalue weighted by atomic mass is 10.1. The molecule has 1 atom stereocenters. The zero-order valence-electron chi connectivity index (χ0n) is 9.84. The highest BCUT2D eigenvalue weighted by molar-refractivity contribution is 6.01. The van der Waals surface area contributed by atoms with Crippen LogP contribution in [-0.2, 0) is 4.79 Å². The molecule has 1 aromatic carbocycles. The van der Waals surface area contributed by atoms with Gasteiger partial charge in [0.1, 0.15) is 11.6 Å². The molecule has 1 amide bonds. The number of carbonyl (C=O) groups is 2. The molecule has 7 nitrogen and oxygen atoms in total. The summed E-state index contributed by atoms with van der Waals surface area (Å²) in [6, 6.07) is 3.10.